The third kappa shape index (κ3) is 1.53. The third-order valence-corrected chi connectivity index (χ3v) is 4.54. The Hall–Kier alpha value is -1.22. The number of hydrogen-bond acceptors (Lipinski definition) is 3. The maximum Gasteiger partial charge on any atom is 0.298 e. The second kappa shape index (κ2) is 3.89. The van der Waals surface area contributed by atoms with Gasteiger partial charge in [-0.25, -0.2) is 0 Å². The quantitative estimate of drug-likeness (QED) is 0.736. The highest BCUT2D eigenvalue weighted by Crippen LogP contribution is 2.41. The first-order chi connectivity index (χ1) is 8.81. The van der Waals surface area contributed by atoms with Gasteiger partial charge in [-0.3, -0.25) is 0 Å². The molecule has 2 unspecified atom stereocenters. The summed E-state index contributed by atoms with van der Waals surface area (Å²) in [5.74, 6) is 0. The molecule has 18 heavy (non-hydrogen) atoms. The van der Waals surface area contributed by atoms with Gasteiger partial charge in [-0.15, -0.1) is 11.6 Å². The molecule has 2 aliphatic heterocycles. The number of benzene rings is 1. The molecule has 0 amide bonds. The molecule has 2 bridgehead atoms. The number of anilines is 1. The Kier molecular flexibility index (Phi) is 2.31. The van der Waals surface area contributed by atoms with Crippen LogP contribution in [0.1, 0.15) is 25.7 Å². The van der Waals surface area contributed by atoms with Crippen molar-refractivity contribution in [3.8, 4) is 0 Å². The standard InChI is InChI=1S/C14H15ClN2O/c15-9-7-10-5-6-11(8-9)17(10)14-16-12-3-1-2-4-13(12)18-14/h1-4,9-11H,5-8H2. The first-order valence-electron chi connectivity index (χ1n) is 6.59. The van der Waals surface area contributed by atoms with Crippen molar-refractivity contribution >= 4 is 28.7 Å². The second-order valence-corrected chi connectivity index (χ2v) is 5.94. The zero-order valence-corrected chi connectivity index (χ0v) is 10.8. The van der Waals surface area contributed by atoms with Gasteiger partial charge in [-0.2, -0.15) is 4.98 Å². The number of hydrogen-bond donors (Lipinski definition) is 0. The van der Waals surface area contributed by atoms with Crippen LogP contribution >= 0.6 is 11.6 Å². The normalized spacial score (nSPS) is 31.2. The Morgan fingerprint density at radius 1 is 1.17 bits per heavy atom. The zero-order chi connectivity index (χ0) is 12.1. The molecule has 0 aliphatic carbocycles. The Balaban J connectivity index is 1.74. The molecular formula is C14H15ClN2O. The Morgan fingerprint density at radius 3 is 2.61 bits per heavy atom. The highest BCUT2D eigenvalue weighted by molar-refractivity contribution is 6.20. The number of nitrogens with zero attached hydrogens (tertiary/aromatic N) is 2. The van der Waals surface area contributed by atoms with E-state index in [2.05, 4.69) is 9.88 Å². The third-order valence-electron chi connectivity index (χ3n) is 4.18. The first-order valence-corrected chi connectivity index (χ1v) is 7.03. The van der Waals surface area contributed by atoms with E-state index < -0.39 is 0 Å². The lowest BCUT2D eigenvalue weighted by Crippen LogP contribution is -2.43. The van der Waals surface area contributed by atoms with E-state index in [4.69, 9.17) is 16.0 Å². The molecule has 2 aliphatic rings. The van der Waals surface area contributed by atoms with E-state index in [1.54, 1.807) is 0 Å². The highest BCUT2D eigenvalue weighted by atomic mass is 35.5. The van der Waals surface area contributed by atoms with Crippen LogP contribution in [0.3, 0.4) is 0 Å². The fourth-order valence-corrected chi connectivity index (χ4v) is 3.80. The van der Waals surface area contributed by atoms with Crippen LogP contribution in [0.5, 0.6) is 0 Å². The number of para-hydroxylation sites is 2. The molecule has 1 aromatic heterocycles. The molecule has 2 aromatic rings. The molecule has 2 fully saturated rings. The highest BCUT2D eigenvalue weighted by Gasteiger charge is 2.42. The van der Waals surface area contributed by atoms with Gasteiger partial charge >= 0.3 is 0 Å². The molecule has 0 spiro atoms. The predicted octanol–water partition coefficient (Wildman–Crippen LogP) is 3.57. The molecule has 1 aromatic carbocycles. The smallest absolute Gasteiger partial charge is 0.298 e. The molecule has 4 rings (SSSR count). The van der Waals surface area contributed by atoms with E-state index >= 15 is 0 Å². The summed E-state index contributed by atoms with van der Waals surface area (Å²) < 4.78 is 5.90. The van der Waals surface area contributed by atoms with Crippen molar-refractivity contribution in [1.82, 2.24) is 4.98 Å². The van der Waals surface area contributed by atoms with Gasteiger partial charge in [0.1, 0.15) is 5.52 Å². The van der Waals surface area contributed by atoms with Crippen LogP contribution in [-0.4, -0.2) is 22.4 Å². The van der Waals surface area contributed by atoms with E-state index in [1.807, 2.05) is 24.3 Å². The SMILES string of the molecule is ClC1CC2CCC(C1)N2c1nc2ccccc2o1. The van der Waals surface area contributed by atoms with Crippen molar-refractivity contribution in [2.45, 2.75) is 43.1 Å². The first kappa shape index (κ1) is 10.7. The van der Waals surface area contributed by atoms with Gasteiger partial charge < -0.3 is 9.32 Å². The van der Waals surface area contributed by atoms with Crippen LogP contribution in [0.4, 0.5) is 6.01 Å². The minimum absolute atomic E-state index is 0.322. The fourth-order valence-electron chi connectivity index (χ4n) is 3.39. The van der Waals surface area contributed by atoms with Gasteiger partial charge in [0, 0.05) is 17.5 Å². The number of fused-ring (bicyclic) bond motifs is 3. The maximum absolute atomic E-state index is 6.30. The van der Waals surface area contributed by atoms with Gasteiger partial charge in [0.25, 0.3) is 6.01 Å². The van der Waals surface area contributed by atoms with Gasteiger partial charge in [-0.1, -0.05) is 12.1 Å². The van der Waals surface area contributed by atoms with Gasteiger partial charge in [0.05, 0.1) is 0 Å². The van der Waals surface area contributed by atoms with Crippen molar-refractivity contribution in [2.24, 2.45) is 0 Å². The number of alkyl halides is 1. The van der Waals surface area contributed by atoms with Gasteiger partial charge in [0.2, 0.25) is 0 Å². The van der Waals surface area contributed by atoms with Crippen LogP contribution < -0.4 is 4.90 Å². The van der Waals surface area contributed by atoms with Crippen LogP contribution in [0.25, 0.3) is 11.1 Å². The van der Waals surface area contributed by atoms with Gasteiger partial charge in [-0.05, 0) is 37.8 Å². The van der Waals surface area contributed by atoms with E-state index in [0.29, 0.717) is 17.5 Å². The molecule has 4 heteroatoms. The largest absolute Gasteiger partial charge is 0.423 e. The maximum atomic E-state index is 6.30. The Labute approximate surface area is 111 Å². The van der Waals surface area contributed by atoms with Crippen molar-refractivity contribution in [3.63, 3.8) is 0 Å². The minimum atomic E-state index is 0.322. The average molecular weight is 263 g/mol. The van der Waals surface area contributed by atoms with E-state index in [-0.39, 0.29) is 0 Å². The van der Waals surface area contributed by atoms with Crippen LogP contribution in [-0.2, 0) is 0 Å². The lowest BCUT2D eigenvalue weighted by molar-refractivity contribution is 0.433. The van der Waals surface area contributed by atoms with E-state index in [9.17, 15) is 0 Å². The number of halogens is 1. The van der Waals surface area contributed by atoms with E-state index in [0.717, 1.165) is 30.0 Å². The molecule has 2 saturated heterocycles. The van der Waals surface area contributed by atoms with Crippen molar-refractivity contribution < 1.29 is 4.42 Å². The van der Waals surface area contributed by atoms with Crippen molar-refractivity contribution in [3.05, 3.63) is 24.3 Å². The topological polar surface area (TPSA) is 29.3 Å². The lowest BCUT2D eigenvalue weighted by atomic mass is 10.0. The molecule has 0 radical (unpaired) electrons. The minimum Gasteiger partial charge on any atom is -0.423 e. The summed E-state index contributed by atoms with van der Waals surface area (Å²) >= 11 is 6.30. The second-order valence-electron chi connectivity index (χ2n) is 5.33. The average Bonchev–Trinajstić information content (AvgIpc) is 2.88. The number of oxazole rings is 1. The molecule has 0 saturated carbocycles. The van der Waals surface area contributed by atoms with Crippen molar-refractivity contribution in [2.75, 3.05) is 4.90 Å². The summed E-state index contributed by atoms with van der Waals surface area (Å²) in [5, 5.41) is 0.322. The van der Waals surface area contributed by atoms with Crippen LogP contribution in [0, 0.1) is 0 Å². The lowest BCUT2D eigenvalue weighted by Gasteiger charge is -2.35. The summed E-state index contributed by atoms with van der Waals surface area (Å²) in [4.78, 5) is 6.98. The molecule has 94 valence electrons. The summed E-state index contributed by atoms with van der Waals surface area (Å²) in [6.45, 7) is 0. The number of rotatable bonds is 1. The monoisotopic (exact) mass is 262 g/mol. The van der Waals surface area contributed by atoms with E-state index in [1.165, 1.54) is 12.8 Å². The van der Waals surface area contributed by atoms with Gasteiger partial charge in [0.15, 0.2) is 5.58 Å². The number of aromatic nitrogens is 1. The van der Waals surface area contributed by atoms with Crippen molar-refractivity contribution in [1.29, 1.82) is 0 Å². The predicted molar refractivity (Wildman–Crippen MR) is 72.2 cm³/mol. The summed E-state index contributed by atoms with van der Waals surface area (Å²) in [7, 11) is 0. The van der Waals surface area contributed by atoms with Crippen LogP contribution in [0.15, 0.2) is 28.7 Å². The number of piperidine rings is 1. The molecule has 2 atom stereocenters. The summed E-state index contributed by atoms with van der Waals surface area (Å²) in [5.41, 5.74) is 1.82. The molecule has 3 nitrogen and oxygen atoms in total. The zero-order valence-electron chi connectivity index (χ0n) is 10.1. The fraction of sp³-hybridized carbons (Fsp3) is 0.500. The Bertz CT molecular complexity index is 535. The molecule has 0 N–H and O–H groups in total. The van der Waals surface area contributed by atoms with Crippen LogP contribution in [0.2, 0.25) is 0 Å². The summed E-state index contributed by atoms with van der Waals surface area (Å²) in [6, 6.07) is 9.76. The molecule has 3 heterocycles. The Morgan fingerprint density at radius 2 is 1.89 bits per heavy atom. The molecular weight excluding hydrogens is 248 g/mol. The summed E-state index contributed by atoms with van der Waals surface area (Å²) in [6.07, 6.45) is 4.53.